The number of aliphatic imine (C=N–C) groups is 1. The molecule has 0 amide bonds. The molecule has 26 heavy (non-hydrogen) atoms. The summed E-state index contributed by atoms with van der Waals surface area (Å²) in [4.78, 5) is 4.93. The number of halogens is 1. The van der Waals surface area contributed by atoms with Crippen molar-refractivity contribution >= 4 is 39.8 Å². The Balaban J connectivity index is 0.00000338. The molecule has 5 nitrogen and oxygen atoms in total. The van der Waals surface area contributed by atoms with Crippen LogP contribution in [0.3, 0.4) is 0 Å². The summed E-state index contributed by atoms with van der Waals surface area (Å²) in [5.74, 6) is 0.777. The molecule has 0 radical (unpaired) electrons. The maximum Gasteiger partial charge on any atom is 0.191 e. The monoisotopic (exact) mass is 487 g/mol. The van der Waals surface area contributed by atoms with Crippen LogP contribution in [0.1, 0.15) is 18.1 Å². The summed E-state index contributed by atoms with van der Waals surface area (Å²) in [5.41, 5.74) is 2.25. The summed E-state index contributed by atoms with van der Waals surface area (Å²) >= 11 is 0. The summed E-state index contributed by atoms with van der Waals surface area (Å²) < 4.78 is 22.9. The molecule has 0 atom stereocenters. The van der Waals surface area contributed by atoms with Gasteiger partial charge in [0.2, 0.25) is 0 Å². The van der Waals surface area contributed by atoms with Gasteiger partial charge in [-0.2, -0.15) is 0 Å². The van der Waals surface area contributed by atoms with Crippen molar-refractivity contribution in [2.24, 2.45) is 4.99 Å². The Bertz CT molecular complexity index is 791. The van der Waals surface area contributed by atoms with E-state index in [1.54, 1.807) is 12.1 Å². The van der Waals surface area contributed by atoms with Gasteiger partial charge in [0.05, 0.1) is 11.4 Å². The van der Waals surface area contributed by atoms with Gasteiger partial charge in [0.15, 0.2) is 15.8 Å². The lowest BCUT2D eigenvalue weighted by molar-refractivity contribution is 0.602. The van der Waals surface area contributed by atoms with Gasteiger partial charge in [-0.1, -0.05) is 42.5 Å². The second kappa shape index (κ2) is 11.2. The highest BCUT2D eigenvalue weighted by atomic mass is 127. The summed E-state index contributed by atoms with van der Waals surface area (Å²) in [5, 5.41) is 6.53. The Labute approximate surface area is 173 Å². The number of benzene rings is 2. The highest BCUT2D eigenvalue weighted by molar-refractivity contribution is 14.0. The normalized spacial score (nSPS) is 11.5. The van der Waals surface area contributed by atoms with Crippen LogP contribution in [0.5, 0.6) is 0 Å². The van der Waals surface area contributed by atoms with Crippen LogP contribution >= 0.6 is 24.0 Å². The van der Waals surface area contributed by atoms with E-state index in [-0.39, 0.29) is 24.0 Å². The summed E-state index contributed by atoms with van der Waals surface area (Å²) in [6.07, 6.45) is 2.01. The van der Waals surface area contributed by atoms with Crippen molar-refractivity contribution in [1.29, 1.82) is 0 Å². The Morgan fingerprint density at radius 1 is 0.962 bits per heavy atom. The number of hydrogen-bond acceptors (Lipinski definition) is 3. The number of guanidine groups is 1. The zero-order chi connectivity index (χ0) is 18.1. The van der Waals surface area contributed by atoms with E-state index in [1.807, 2.05) is 37.3 Å². The van der Waals surface area contributed by atoms with Crippen LogP contribution in [0.4, 0.5) is 0 Å². The van der Waals surface area contributed by atoms with Crippen molar-refractivity contribution in [3.05, 3.63) is 65.7 Å². The van der Waals surface area contributed by atoms with Crippen LogP contribution in [0.2, 0.25) is 0 Å². The van der Waals surface area contributed by atoms with Crippen molar-refractivity contribution < 1.29 is 8.42 Å². The van der Waals surface area contributed by atoms with Crippen molar-refractivity contribution in [1.82, 2.24) is 10.6 Å². The molecule has 0 fully saturated rings. The van der Waals surface area contributed by atoms with Gasteiger partial charge in [-0.15, -0.1) is 24.0 Å². The fourth-order valence-electron chi connectivity index (χ4n) is 2.32. The van der Waals surface area contributed by atoms with Crippen molar-refractivity contribution in [3.8, 4) is 0 Å². The highest BCUT2D eigenvalue weighted by Crippen LogP contribution is 2.10. The lowest BCUT2D eigenvalue weighted by atomic mass is 10.1. The van der Waals surface area contributed by atoms with E-state index in [2.05, 4.69) is 27.8 Å². The van der Waals surface area contributed by atoms with Crippen LogP contribution in [-0.4, -0.2) is 33.7 Å². The third kappa shape index (κ3) is 7.74. The van der Waals surface area contributed by atoms with Crippen molar-refractivity contribution in [3.63, 3.8) is 0 Å². The average molecular weight is 487 g/mol. The maximum atomic E-state index is 11.5. The molecule has 0 spiro atoms. The number of hydrogen-bond donors (Lipinski definition) is 2. The van der Waals surface area contributed by atoms with Crippen LogP contribution in [-0.2, 0) is 22.8 Å². The molecular formula is C19H26IN3O2S. The van der Waals surface area contributed by atoms with Crippen LogP contribution in [0.25, 0.3) is 0 Å². The summed E-state index contributed by atoms with van der Waals surface area (Å²) in [6.45, 7) is 4.17. The number of nitrogens with zero attached hydrogens (tertiary/aromatic N) is 1. The Hall–Kier alpha value is -1.61. The molecule has 7 heteroatoms. The molecule has 142 valence electrons. The molecule has 0 aromatic heterocycles. The van der Waals surface area contributed by atoms with E-state index >= 15 is 0 Å². The van der Waals surface area contributed by atoms with Crippen LogP contribution < -0.4 is 10.6 Å². The molecule has 2 rings (SSSR count). The van der Waals surface area contributed by atoms with E-state index in [0.717, 1.165) is 36.6 Å². The first-order valence-corrected chi connectivity index (χ1v) is 10.2. The first-order valence-electron chi connectivity index (χ1n) is 8.34. The Kier molecular flexibility index (Phi) is 9.64. The molecule has 0 unspecified atom stereocenters. The zero-order valence-electron chi connectivity index (χ0n) is 15.1. The first kappa shape index (κ1) is 22.4. The molecule has 2 aromatic carbocycles. The molecule has 0 heterocycles. The zero-order valence-corrected chi connectivity index (χ0v) is 18.3. The molecule has 0 aliphatic rings. The minimum Gasteiger partial charge on any atom is -0.357 e. The lowest BCUT2D eigenvalue weighted by Crippen LogP contribution is -2.38. The minimum absolute atomic E-state index is 0. The molecule has 0 aliphatic heterocycles. The van der Waals surface area contributed by atoms with E-state index in [0.29, 0.717) is 11.4 Å². The quantitative estimate of drug-likeness (QED) is 0.358. The van der Waals surface area contributed by atoms with E-state index in [4.69, 9.17) is 0 Å². The van der Waals surface area contributed by atoms with Gasteiger partial charge >= 0.3 is 0 Å². The predicted molar refractivity (Wildman–Crippen MR) is 118 cm³/mol. The van der Waals surface area contributed by atoms with E-state index < -0.39 is 9.84 Å². The molecule has 2 aromatic rings. The fraction of sp³-hybridized carbons (Fsp3) is 0.316. The second-order valence-corrected chi connectivity index (χ2v) is 7.79. The third-order valence-corrected chi connectivity index (χ3v) is 4.79. The van der Waals surface area contributed by atoms with Crippen molar-refractivity contribution in [2.75, 3.05) is 19.3 Å². The van der Waals surface area contributed by atoms with Gasteiger partial charge in [0.1, 0.15) is 0 Å². The SMILES string of the molecule is CCNC(=NCc1ccccc1)NCCc1ccc(S(C)(=O)=O)cc1.I. The van der Waals surface area contributed by atoms with Gasteiger partial charge in [-0.3, -0.25) is 0 Å². The molecule has 0 saturated carbocycles. The molecule has 0 aliphatic carbocycles. The second-order valence-electron chi connectivity index (χ2n) is 5.77. The first-order chi connectivity index (χ1) is 12.0. The summed E-state index contributed by atoms with van der Waals surface area (Å²) in [7, 11) is -3.14. The number of nitrogens with one attached hydrogen (secondary N) is 2. The molecule has 0 bridgehead atoms. The van der Waals surface area contributed by atoms with Crippen LogP contribution in [0, 0.1) is 0 Å². The third-order valence-electron chi connectivity index (χ3n) is 3.66. The fourth-order valence-corrected chi connectivity index (χ4v) is 2.95. The Morgan fingerprint density at radius 3 is 2.19 bits per heavy atom. The van der Waals surface area contributed by atoms with Crippen molar-refractivity contribution in [2.45, 2.75) is 24.8 Å². The maximum absolute atomic E-state index is 11.5. The predicted octanol–water partition coefficient (Wildman–Crippen LogP) is 3.01. The Morgan fingerprint density at radius 2 is 1.62 bits per heavy atom. The van der Waals surface area contributed by atoms with Gasteiger partial charge in [0, 0.05) is 19.3 Å². The number of sulfone groups is 1. The highest BCUT2D eigenvalue weighted by Gasteiger charge is 2.06. The van der Waals surface area contributed by atoms with Gasteiger partial charge in [0.25, 0.3) is 0 Å². The van der Waals surface area contributed by atoms with E-state index in [1.165, 1.54) is 6.26 Å². The largest absolute Gasteiger partial charge is 0.357 e. The standard InChI is InChI=1S/C19H25N3O2S.HI/c1-3-20-19(22-15-17-7-5-4-6-8-17)21-14-13-16-9-11-18(12-10-16)25(2,23)24;/h4-12H,3,13-15H2,1-2H3,(H2,20,21,22);1H. The number of rotatable bonds is 7. The van der Waals surface area contributed by atoms with Gasteiger partial charge < -0.3 is 10.6 Å². The molecular weight excluding hydrogens is 461 g/mol. The topological polar surface area (TPSA) is 70.6 Å². The minimum atomic E-state index is -3.14. The lowest BCUT2D eigenvalue weighted by Gasteiger charge is -2.11. The molecule has 0 saturated heterocycles. The smallest absolute Gasteiger partial charge is 0.191 e. The van der Waals surface area contributed by atoms with Crippen LogP contribution in [0.15, 0.2) is 64.5 Å². The molecule has 2 N–H and O–H groups in total. The van der Waals surface area contributed by atoms with Gasteiger partial charge in [-0.25, -0.2) is 13.4 Å². The van der Waals surface area contributed by atoms with E-state index in [9.17, 15) is 8.42 Å². The van der Waals surface area contributed by atoms with Gasteiger partial charge in [-0.05, 0) is 36.6 Å². The average Bonchev–Trinajstić information content (AvgIpc) is 2.60. The summed E-state index contributed by atoms with van der Waals surface area (Å²) in [6, 6.07) is 17.1.